The molecule has 0 unspecified atom stereocenters. The Hall–Kier alpha value is -0.570. The van der Waals surface area contributed by atoms with Crippen molar-refractivity contribution < 1.29 is 4.79 Å². The molecule has 0 saturated carbocycles. The first-order chi connectivity index (χ1) is 7.29. The highest BCUT2D eigenvalue weighted by molar-refractivity contribution is 5.79. The summed E-state index contributed by atoms with van der Waals surface area (Å²) in [7, 11) is 0. The van der Waals surface area contributed by atoms with E-state index in [1.54, 1.807) is 0 Å². The molecule has 0 aromatic heterocycles. The molecule has 2 atom stereocenters. The van der Waals surface area contributed by atoms with Gasteiger partial charge in [-0.25, -0.2) is 0 Å². The second kappa shape index (κ2) is 4.97. The topological polar surface area (TPSA) is 32.3 Å². The smallest absolute Gasteiger partial charge is 0.227 e. The van der Waals surface area contributed by atoms with E-state index >= 15 is 0 Å². The van der Waals surface area contributed by atoms with Crippen LogP contribution in [0.1, 0.15) is 39.0 Å². The Morgan fingerprint density at radius 2 is 1.93 bits per heavy atom. The average Bonchev–Trinajstić information content (AvgIpc) is 2.30. The number of likely N-dealkylation sites (tertiary alicyclic amines) is 1. The van der Waals surface area contributed by atoms with Crippen molar-refractivity contribution in [2.24, 2.45) is 5.92 Å². The fraction of sp³-hybridized carbons (Fsp3) is 0.917. The van der Waals surface area contributed by atoms with E-state index in [-0.39, 0.29) is 5.92 Å². The molecule has 0 radical (unpaired) electrons. The first-order valence-corrected chi connectivity index (χ1v) is 6.31. The lowest BCUT2D eigenvalue weighted by Crippen LogP contribution is -2.49. The molecule has 0 spiro atoms. The van der Waals surface area contributed by atoms with E-state index in [4.69, 9.17) is 0 Å². The van der Waals surface area contributed by atoms with Crippen LogP contribution in [0.5, 0.6) is 0 Å². The van der Waals surface area contributed by atoms with Crippen molar-refractivity contribution in [3.8, 4) is 0 Å². The van der Waals surface area contributed by atoms with Crippen molar-refractivity contribution in [1.82, 2.24) is 10.2 Å². The van der Waals surface area contributed by atoms with Gasteiger partial charge >= 0.3 is 0 Å². The lowest BCUT2D eigenvalue weighted by molar-refractivity contribution is -0.138. The summed E-state index contributed by atoms with van der Waals surface area (Å²) in [6.07, 6.45) is 5.90. The van der Waals surface area contributed by atoms with Crippen molar-refractivity contribution >= 4 is 5.91 Å². The summed E-state index contributed by atoms with van der Waals surface area (Å²) in [4.78, 5) is 14.3. The SMILES string of the molecule is C[C@H]1NCCC[C@@H]1C(=O)N1CCCCC1. The summed E-state index contributed by atoms with van der Waals surface area (Å²) in [5.41, 5.74) is 0. The zero-order valence-corrected chi connectivity index (χ0v) is 9.67. The molecule has 2 saturated heterocycles. The highest BCUT2D eigenvalue weighted by atomic mass is 16.2. The molecule has 2 aliphatic rings. The molecule has 2 heterocycles. The van der Waals surface area contributed by atoms with Gasteiger partial charge in [-0.3, -0.25) is 4.79 Å². The predicted octanol–water partition coefficient (Wildman–Crippen LogP) is 1.39. The molecule has 2 fully saturated rings. The minimum atomic E-state index is 0.233. The van der Waals surface area contributed by atoms with Crippen LogP contribution in [-0.4, -0.2) is 36.5 Å². The molecule has 0 aromatic rings. The zero-order chi connectivity index (χ0) is 10.7. The number of carbonyl (C=O) groups excluding carboxylic acids is 1. The Balaban J connectivity index is 1.92. The van der Waals surface area contributed by atoms with Gasteiger partial charge in [0.1, 0.15) is 0 Å². The van der Waals surface area contributed by atoms with E-state index in [0.29, 0.717) is 11.9 Å². The number of carbonyl (C=O) groups is 1. The molecule has 3 heteroatoms. The molecule has 1 amide bonds. The van der Waals surface area contributed by atoms with Crippen molar-refractivity contribution in [1.29, 1.82) is 0 Å². The molecule has 15 heavy (non-hydrogen) atoms. The number of rotatable bonds is 1. The Labute approximate surface area is 92.2 Å². The Morgan fingerprint density at radius 1 is 1.20 bits per heavy atom. The van der Waals surface area contributed by atoms with Gasteiger partial charge in [-0.15, -0.1) is 0 Å². The third-order valence-corrected chi connectivity index (χ3v) is 3.75. The number of nitrogens with zero attached hydrogens (tertiary/aromatic N) is 1. The van der Waals surface area contributed by atoms with Crippen LogP contribution in [0.15, 0.2) is 0 Å². The molecular weight excluding hydrogens is 188 g/mol. The van der Waals surface area contributed by atoms with E-state index in [2.05, 4.69) is 17.1 Å². The average molecular weight is 210 g/mol. The van der Waals surface area contributed by atoms with Gasteiger partial charge in [0.05, 0.1) is 5.92 Å². The fourth-order valence-corrected chi connectivity index (χ4v) is 2.73. The van der Waals surface area contributed by atoms with Gasteiger partial charge in [0.25, 0.3) is 0 Å². The summed E-state index contributed by atoms with van der Waals surface area (Å²) in [6, 6.07) is 0.369. The monoisotopic (exact) mass is 210 g/mol. The predicted molar refractivity (Wildman–Crippen MR) is 60.6 cm³/mol. The van der Waals surface area contributed by atoms with Crippen LogP contribution >= 0.6 is 0 Å². The number of nitrogens with one attached hydrogen (secondary N) is 1. The Bertz CT molecular complexity index is 224. The maximum atomic E-state index is 12.2. The second-order valence-corrected chi connectivity index (χ2v) is 4.88. The summed E-state index contributed by atoms with van der Waals surface area (Å²) < 4.78 is 0. The van der Waals surface area contributed by atoms with Crippen molar-refractivity contribution in [2.45, 2.75) is 45.1 Å². The standard InChI is InChI=1S/C12H22N2O/c1-10-11(6-5-7-13-10)12(15)14-8-3-2-4-9-14/h10-11,13H,2-9H2,1H3/t10-,11+/m1/s1. The second-order valence-electron chi connectivity index (χ2n) is 4.88. The van der Waals surface area contributed by atoms with Crippen LogP contribution in [0, 0.1) is 5.92 Å². The molecule has 86 valence electrons. The minimum absolute atomic E-state index is 0.233. The van der Waals surface area contributed by atoms with Gasteiger partial charge < -0.3 is 10.2 Å². The summed E-state index contributed by atoms with van der Waals surface area (Å²) in [6.45, 7) is 5.20. The summed E-state index contributed by atoms with van der Waals surface area (Å²) in [5.74, 6) is 0.631. The normalized spacial score (nSPS) is 32.7. The molecule has 0 bridgehead atoms. The van der Waals surface area contributed by atoms with Gasteiger partial charge in [0.15, 0.2) is 0 Å². The number of piperidine rings is 2. The van der Waals surface area contributed by atoms with E-state index in [1.807, 2.05) is 0 Å². The number of hydrogen-bond donors (Lipinski definition) is 1. The lowest BCUT2D eigenvalue weighted by Gasteiger charge is -2.35. The first-order valence-electron chi connectivity index (χ1n) is 6.31. The van der Waals surface area contributed by atoms with Gasteiger partial charge in [-0.05, 0) is 45.6 Å². The van der Waals surface area contributed by atoms with Gasteiger partial charge in [0.2, 0.25) is 5.91 Å². The minimum Gasteiger partial charge on any atom is -0.342 e. The van der Waals surface area contributed by atoms with E-state index < -0.39 is 0 Å². The van der Waals surface area contributed by atoms with E-state index in [9.17, 15) is 4.79 Å². The van der Waals surface area contributed by atoms with Crippen LogP contribution in [0.2, 0.25) is 0 Å². The third kappa shape index (κ3) is 2.51. The van der Waals surface area contributed by atoms with Crippen LogP contribution in [-0.2, 0) is 4.79 Å². The van der Waals surface area contributed by atoms with Crippen LogP contribution in [0.3, 0.4) is 0 Å². The van der Waals surface area contributed by atoms with Crippen LogP contribution in [0.25, 0.3) is 0 Å². The quantitative estimate of drug-likeness (QED) is 0.709. The largest absolute Gasteiger partial charge is 0.342 e. The van der Waals surface area contributed by atoms with Crippen LogP contribution < -0.4 is 5.32 Å². The Kier molecular flexibility index (Phi) is 3.62. The number of hydrogen-bond acceptors (Lipinski definition) is 2. The Morgan fingerprint density at radius 3 is 2.60 bits per heavy atom. The van der Waals surface area contributed by atoms with Gasteiger partial charge in [0, 0.05) is 19.1 Å². The molecule has 2 aliphatic heterocycles. The molecule has 3 nitrogen and oxygen atoms in total. The van der Waals surface area contributed by atoms with Crippen LogP contribution in [0.4, 0.5) is 0 Å². The van der Waals surface area contributed by atoms with Gasteiger partial charge in [-0.2, -0.15) is 0 Å². The lowest BCUT2D eigenvalue weighted by atomic mass is 9.90. The fourth-order valence-electron chi connectivity index (χ4n) is 2.73. The van der Waals surface area contributed by atoms with Crippen molar-refractivity contribution in [2.75, 3.05) is 19.6 Å². The summed E-state index contributed by atoms with van der Waals surface area (Å²) >= 11 is 0. The maximum Gasteiger partial charge on any atom is 0.227 e. The molecule has 2 rings (SSSR count). The number of amides is 1. The molecule has 0 aromatic carbocycles. The van der Waals surface area contributed by atoms with E-state index in [0.717, 1.165) is 32.5 Å². The molecule has 1 N–H and O–H groups in total. The third-order valence-electron chi connectivity index (χ3n) is 3.75. The highest BCUT2D eigenvalue weighted by Gasteiger charge is 2.31. The summed E-state index contributed by atoms with van der Waals surface area (Å²) in [5, 5.41) is 3.40. The van der Waals surface area contributed by atoms with Crippen molar-refractivity contribution in [3.05, 3.63) is 0 Å². The van der Waals surface area contributed by atoms with E-state index in [1.165, 1.54) is 19.3 Å². The van der Waals surface area contributed by atoms with Gasteiger partial charge in [-0.1, -0.05) is 0 Å². The zero-order valence-electron chi connectivity index (χ0n) is 9.67. The maximum absolute atomic E-state index is 12.2. The molecule has 0 aliphatic carbocycles. The highest BCUT2D eigenvalue weighted by Crippen LogP contribution is 2.21. The first kappa shape index (κ1) is 10.9. The molecular formula is C12H22N2O. The van der Waals surface area contributed by atoms with Crippen molar-refractivity contribution in [3.63, 3.8) is 0 Å².